The van der Waals surface area contributed by atoms with E-state index in [-0.39, 0.29) is 0 Å². The highest BCUT2D eigenvalue weighted by Gasteiger charge is 2.36. The first-order valence-corrected chi connectivity index (χ1v) is 21.1. The molecule has 0 unspecified atom stereocenters. The van der Waals surface area contributed by atoms with Crippen LogP contribution in [0, 0.1) is 0 Å². The molecule has 0 aliphatic carbocycles. The summed E-state index contributed by atoms with van der Waals surface area (Å²) in [4.78, 5) is 5.24. The number of nitrogens with zero attached hydrogens (tertiary/aromatic N) is 2. The molecule has 2 aromatic heterocycles. The molecule has 270 valence electrons. The van der Waals surface area contributed by atoms with E-state index >= 15 is 0 Å². The van der Waals surface area contributed by atoms with Crippen LogP contribution in [-0.4, -0.2) is 9.13 Å². The van der Waals surface area contributed by atoms with Crippen molar-refractivity contribution in [1.29, 1.82) is 0 Å². The summed E-state index contributed by atoms with van der Waals surface area (Å²) >= 11 is 0. The normalized spacial score (nSPS) is 12.1. The van der Waals surface area contributed by atoms with Crippen LogP contribution in [0.15, 0.2) is 250 Å². The van der Waals surface area contributed by atoms with Gasteiger partial charge in [0.25, 0.3) is 0 Å². The lowest BCUT2D eigenvalue weighted by atomic mass is 10.0. The molecule has 0 N–H and O–H groups in total. The van der Waals surface area contributed by atoms with Crippen LogP contribution < -0.4 is 0 Å². The van der Waals surface area contributed by atoms with Gasteiger partial charge in [-0.1, -0.05) is 146 Å². The Morgan fingerprint density at radius 3 is 1.39 bits per heavy atom. The lowest BCUT2D eigenvalue weighted by Crippen LogP contribution is -2.05. The summed E-state index contributed by atoms with van der Waals surface area (Å²) in [5.74, 6) is 0. The highest BCUT2D eigenvalue weighted by molar-refractivity contribution is 8.34. The maximum Gasteiger partial charge on any atom is 0.0552 e. The van der Waals surface area contributed by atoms with Crippen molar-refractivity contribution >= 4 is 53.6 Å². The molecule has 0 aliphatic heterocycles. The second-order valence-corrected chi connectivity index (χ2v) is 17.6. The van der Waals surface area contributed by atoms with Crippen LogP contribution in [-0.2, 0) is 0 Å². The number of fused-ring (bicyclic) bond motifs is 6. The Balaban J connectivity index is 1.33. The van der Waals surface area contributed by atoms with E-state index in [1.54, 1.807) is 0 Å². The molecule has 11 rings (SSSR count). The summed E-state index contributed by atoms with van der Waals surface area (Å²) in [7, 11) is -2.02. The van der Waals surface area contributed by atoms with Gasteiger partial charge in [0, 0.05) is 52.4 Å². The molecule has 9 aromatic carbocycles. The van der Waals surface area contributed by atoms with E-state index in [4.69, 9.17) is 0 Å². The summed E-state index contributed by atoms with van der Waals surface area (Å²) in [6, 6.07) is 84.9. The van der Waals surface area contributed by atoms with Crippen molar-refractivity contribution < 1.29 is 0 Å². The second kappa shape index (κ2) is 13.6. The third kappa shape index (κ3) is 5.13. The van der Waals surface area contributed by atoms with Crippen molar-refractivity contribution in [2.45, 2.75) is 19.6 Å². The fourth-order valence-corrected chi connectivity index (χ4v) is 13.2. The van der Waals surface area contributed by atoms with Crippen LogP contribution in [0.4, 0.5) is 0 Å². The Morgan fingerprint density at radius 2 is 0.789 bits per heavy atom. The Bertz CT molecular complexity index is 3070. The van der Waals surface area contributed by atoms with Gasteiger partial charge in [-0.05, 0) is 90.5 Å². The van der Waals surface area contributed by atoms with Gasteiger partial charge in [-0.15, -0.1) is 10.0 Å². The number of aromatic nitrogens is 2. The average Bonchev–Trinajstić information content (AvgIpc) is 3.81. The van der Waals surface area contributed by atoms with E-state index in [1.807, 2.05) is 0 Å². The maximum absolute atomic E-state index is 2.51. The maximum atomic E-state index is 2.51. The van der Waals surface area contributed by atoms with Gasteiger partial charge in [-0.25, -0.2) is 0 Å². The molecule has 0 amide bonds. The zero-order valence-electron chi connectivity index (χ0n) is 31.2. The number of rotatable bonds is 7. The molecular weight excluding hydrogens is 709 g/mol. The molecule has 57 heavy (non-hydrogen) atoms. The van der Waals surface area contributed by atoms with Crippen LogP contribution in [0.25, 0.3) is 66.1 Å². The van der Waals surface area contributed by atoms with Gasteiger partial charge in [-0.2, -0.15) is 0 Å². The largest absolute Gasteiger partial charge is 0.309 e. The summed E-state index contributed by atoms with van der Waals surface area (Å²) in [6.07, 6.45) is 0. The van der Waals surface area contributed by atoms with Crippen molar-refractivity contribution in [3.8, 4) is 22.5 Å². The molecule has 0 fully saturated rings. The van der Waals surface area contributed by atoms with Crippen molar-refractivity contribution in [1.82, 2.24) is 9.13 Å². The standard InChI is InChI=1S/C54H38N2S/c1-5-20-39(21-6-1)44-28-13-16-31-48(44)56-51-37-36-40(55-49-32-17-14-29-45(49)46-30-15-18-33-50(46)55)38-47(51)54-52(56)34-19-35-53(54)57(41-22-7-2-8-23-41,42-24-9-3-10-25-42)43-26-11-4-12-27-43/h1-38H. The van der Waals surface area contributed by atoms with Gasteiger partial charge < -0.3 is 9.13 Å². The summed E-state index contributed by atoms with van der Waals surface area (Å²) < 4.78 is 4.96. The van der Waals surface area contributed by atoms with Crippen LogP contribution in [0.3, 0.4) is 0 Å². The van der Waals surface area contributed by atoms with Gasteiger partial charge in [-0.3, -0.25) is 0 Å². The quantitative estimate of drug-likeness (QED) is 0.154. The van der Waals surface area contributed by atoms with Gasteiger partial charge >= 0.3 is 0 Å². The zero-order chi connectivity index (χ0) is 37.8. The molecule has 11 aromatic rings. The molecule has 0 saturated heterocycles. The fourth-order valence-electron chi connectivity index (χ4n) is 9.07. The Hall–Kier alpha value is -7.07. The third-order valence-electron chi connectivity index (χ3n) is 11.4. The number of benzene rings is 9. The molecule has 2 nitrogen and oxygen atoms in total. The Morgan fingerprint density at radius 1 is 0.316 bits per heavy atom. The van der Waals surface area contributed by atoms with E-state index in [9.17, 15) is 0 Å². The minimum atomic E-state index is -2.02. The minimum Gasteiger partial charge on any atom is -0.309 e. The van der Waals surface area contributed by atoms with E-state index < -0.39 is 10.0 Å². The van der Waals surface area contributed by atoms with E-state index in [1.165, 1.54) is 74.3 Å². The van der Waals surface area contributed by atoms with Crippen LogP contribution in [0.1, 0.15) is 0 Å². The number of hydrogen-bond acceptors (Lipinski definition) is 0. The number of para-hydroxylation sites is 3. The molecule has 0 radical (unpaired) electrons. The topological polar surface area (TPSA) is 9.86 Å². The predicted molar refractivity (Wildman–Crippen MR) is 241 cm³/mol. The van der Waals surface area contributed by atoms with Crippen molar-refractivity contribution in [3.63, 3.8) is 0 Å². The second-order valence-electron chi connectivity index (χ2n) is 14.5. The minimum absolute atomic E-state index is 1.14. The van der Waals surface area contributed by atoms with Crippen LogP contribution in [0.2, 0.25) is 0 Å². The van der Waals surface area contributed by atoms with Gasteiger partial charge in [0.15, 0.2) is 0 Å². The summed E-state index contributed by atoms with van der Waals surface area (Å²) in [6.45, 7) is 0. The first kappa shape index (κ1) is 33.3. The predicted octanol–water partition coefficient (Wildman–Crippen LogP) is 14.9. The van der Waals surface area contributed by atoms with E-state index in [2.05, 4.69) is 240 Å². The average molecular weight is 747 g/mol. The first-order chi connectivity index (χ1) is 28.3. The van der Waals surface area contributed by atoms with Gasteiger partial charge in [0.05, 0.1) is 27.8 Å². The fraction of sp³-hybridized carbons (Fsp3) is 0. The number of hydrogen-bond donors (Lipinski definition) is 0. The highest BCUT2D eigenvalue weighted by Crippen LogP contribution is 2.75. The van der Waals surface area contributed by atoms with Crippen LogP contribution in [0.5, 0.6) is 0 Å². The molecular formula is C54H38N2S. The molecule has 0 aliphatic rings. The SMILES string of the molecule is c1ccc(-c2ccccc2-n2c3ccc(-n4c5ccccc5c5ccccc54)cc3c3c(S(c4ccccc4)(c4ccccc4)c4ccccc4)cccc32)cc1. The van der Waals surface area contributed by atoms with E-state index in [0.29, 0.717) is 0 Å². The zero-order valence-corrected chi connectivity index (χ0v) is 32.1. The first-order valence-electron chi connectivity index (χ1n) is 19.5. The van der Waals surface area contributed by atoms with Crippen molar-refractivity contribution in [3.05, 3.63) is 231 Å². The molecule has 0 atom stereocenters. The van der Waals surface area contributed by atoms with Crippen LogP contribution >= 0.6 is 10.0 Å². The third-order valence-corrected chi connectivity index (χ3v) is 15.4. The molecule has 2 heterocycles. The molecule has 0 spiro atoms. The van der Waals surface area contributed by atoms with Gasteiger partial charge in [0.1, 0.15) is 0 Å². The van der Waals surface area contributed by atoms with Crippen molar-refractivity contribution in [2.75, 3.05) is 0 Å². The van der Waals surface area contributed by atoms with E-state index in [0.717, 1.165) is 11.4 Å². The molecule has 3 heteroatoms. The monoisotopic (exact) mass is 746 g/mol. The molecule has 0 bridgehead atoms. The summed E-state index contributed by atoms with van der Waals surface area (Å²) in [5, 5.41) is 5.01. The summed E-state index contributed by atoms with van der Waals surface area (Å²) in [5.41, 5.74) is 9.46. The smallest absolute Gasteiger partial charge is 0.0552 e. The lowest BCUT2D eigenvalue weighted by Gasteiger charge is -2.42. The Labute approximate surface area is 333 Å². The molecule has 0 saturated carbocycles. The van der Waals surface area contributed by atoms with Gasteiger partial charge in [0.2, 0.25) is 0 Å². The lowest BCUT2D eigenvalue weighted by molar-refractivity contribution is 1.16. The Kier molecular flexibility index (Phi) is 7.94. The van der Waals surface area contributed by atoms with Crippen molar-refractivity contribution in [2.24, 2.45) is 0 Å². The highest BCUT2D eigenvalue weighted by atomic mass is 32.3.